The first-order valence-electron chi connectivity index (χ1n) is 10.7. The van der Waals surface area contributed by atoms with E-state index in [9.17, 15) is 9.59 Å². The highest BCUT2D eigenvalue weighted by atomic mass is 32.1. The molecule has 0 saturated carbocycles. The molecule has 0 aromatic carbocycles. The van der Waals surface area contributed by atoms with Gasteiger partial charge in [-0.2, -0.15) is 0 Å². The Labute approximate surface area is 194 Å². The number of oxazole rings is 1. The number of ether oxygens (including phenoxy) is 1. The van der Waals surface area contributed by atoms with Crippen LogP contribution in [0.2, 0.25) is 0 Å². The number of anilines is 1. The van der Waals surface area contributed by atoms with E-state index in [2.05, 4.69) is 25.6 Å². The highest BCUT2D eigenvalue weighted by Gasteiger charge is 2.47. The normalized spacial score (nSPS) is 21.3. The van der Waals surface area contributed by atoms with E-state index in [4.69, 9.17) is 9.15 Å². The molecule has 2 N–H and O–H groups in total. The number of rotatable bonds is 4. The van der Waals surface area contributed by atoms with Gasteiger partial charge in [-0.15, -0.1) is 11.3 Å². The number of nitrogens with one attached hydrogen (secondary N) is 2. The Balaban J connectivity index is 1.50. The van der Waals surface area contributed by atoms with Crippen LogP contribution in [-0.2, 0) is 11.2 Å². The first-order valence-corrected chi connectivity index (χ1v) is 11.5. The van der Waals surface area contributed by atoms with Gasteiger partial charge in [0.15, 0.2) is 16.8 Å². The van der Waals surface area contributed by atoms with Crippen molar-refractivity contribution < 1.29 is 18.7 Å². The summed E-state index contributed by atoms with van der Waals surface area (Å²) in [5.74, 6) is 1.85. The third kappa shape index (κ3) is 3.92. The number of pyridine rings is 1. The van der Waals surface area contributed by atoms with Crippen LogP contribution in [0.25, 0.3) is 11.5 Å². The van der Waals surface area contributed by atoms with Crippen LogP contribution in [0.4, 0.5) is 9.93 Å². The minimum Gasteiger partial charge on any atom is -0.481 e. The number of carbonyl (C=O) groups excluding carboxylic acids is 2. The third-order valence-electron chi connectivity index (χ3n) is 6.22. The Kier molecular flexibility index (Phi) is 5.49. The summed E-state index contributed by atoms with van der Waals surface area (Å²) in [6.07, 6.45) is 2.37. The fourth-order valence-corrected chi connectivity index (χ4v) is 5.83. The second-order valence-electron chi connectivity index (χ2n) is 8.18. The Morgan fingerprint density at radius 1 is 1.27 bits per heavy atom. The van der Waals surface area contributed by atoms with Crippen molar-refractivity contribution in [2.45, 2.75) is 25.2 Å². The van der Waals surface area contributed by atoms with Crippen molar-refractivity contribution in [3.8, 4) is 17.3 Å². The smallest absolute Gasteiger partial charge is 0.320 e. The van der Waals surface area contributed by atoms with Gasteiger partial charge >= 0.3 is 6.03 Å². The highest BCUT2D eigenvalue weighted by molar-refractivity contribution is 7.16. The summed E-state index contributed by atoms with van der Waals surface area (Å²) in [7, 11) is 3.13. The van der Waals surface area contributed by atoms with Crippen LogP contribution in [0.5, 0.6) is 5.88 Å². The molecule has 2 aliphatic rings. The minimum absolute atomic E-state index is 0.000703. The lowest BCUT2D eigenvalue weighted by Gasteiger charge is -2.45. The number of aromatic nitrogens is 3. The van der Waals surface area contributed by atoms with Crippen molar-refractivity contribution in [2.75, 3.05) is 32.6 Å². The van der Waals surface area contributed by atoms with Gasteiger partial charge in [-0.25, -0.2) is 19.7 Å². The molecule has 3 aromatic rings. The summed E-state index contributed by atoms with van der Waals surface area (Å²) in [5.41, 5.74) is 1.62. The van der Waals surface area contributed by atoms with Gasteiger partial charge in [0.1, 0.15) is 5.69 Å². The zero-order valence-corrected chi connectivity index (χ0v) is 19.3. The fraction of sp³-hybridized carbons (Fsp3) is 0.409. The zero-order chi connectivity index (χ0) is 23.1. The summed E-state index contributed by atoms with van der Waals surface area (Å²) < 4.78 is 11.4. The van der Waals surface area contributed by atoms with Crippen LogP contribution in [0.1, 0.15) is 35.2 Å². The lowest BCUT2D eigenvalue weighted by Crippen LogP contribution is -2.49. The Morgan fingerprint density at radius 3 is 2.88 bits per heavy atom. The number of hydrogen-bond acceptors (Lipinski definition) is 8. The molecule has 5 rings (SSSR count). The SMILES string of the molecule is CNC(=O)Nc1nc2c(s1)C1CN(C(C)=O)CC(C2)C1c1ncc(-c2cccc(OC)n2)o1. The molecule has 3 aromatic heterocycles. The van der Waals surface area contributed by atoms with E-state index in [0.717, 1.165) is 10.6 Å². The Hall–Kier alpha value is -3.47. The molecule has 1 fully saturated rings. The van der Waals surface area contributed by atoms with E-state index in [1.54, 1.807) is 33.3 Å². The van der Waals surface area contributed by atoms with Gasteiger partial charge in [-0.1, -0.05) is 6.07 Å². The largest absolute Gasteiger partial charge is 0.481 e. The molecule has 33 heavy (non-hydrogen) atoms. The predicted octanol–water partition coefficient (Wildman–Crippen LogP) is 2.85. The number of fused-ring (bicyclic) bond motifs is 4. The maximum absolute atomic E-state index is 12.2. The van der Waals surface area contributed by atoms with E-state index in [-0.39, 0.29) is 29.7 Å². The van der Waals surface area contributed by atoms with Crippen LogP contribution >= 0.6 is 11.3 Å². The standard InChI is InChI=1S/C22H24N6O4S/c1-11(29)28-9-12-7-15-19(33-22(26-15)27-21(30)23-2)13(10-28)18(12)20-24-8-16(32-20)14-5-4-6-17(25-14)31-3/h4-6,8,12-13,18H,7,9-10H2,1-3H3,(H2,23,26,27,30). The molecule has 1 aliphatic heterocycles. The van der Waals surface area contributed by atoms with Gasteiger partial charge in [0.2, 0.25) is 11.8 Å². The predicted molar refractivity (Wildman–Crippen MR) is 121 cm³/mol. The lowest BCUT2D eigenvalue weighted by atomic mass is 9.70. The van der Waals surface area contributed by atoms with E-state index < -0.39 is 0 Å². The molecule has 0 spiro atoms. The average molecular weight is 469 g/mol. The van der Waals surface area contributed by atoms with Crippen molar-refractivity contribution in [2.24, 2.45) is 5.92 Å². The van der Waals surface area contributed by atoms with Crippen molar-refractivity contribution >= 4 is 28.4 Å². The van der Waals surface area contributed by atoms with Gasteiger partial charge in [0.25, 0.3) is 0 Å². The van der Waals surface area contributed by atoms with Crippen molar-refractivity contribution in [1.29, 1.82) is 0 Å². The number of nitrogens with zero attached hydrogens (tertiary/aromatic N) is 4. The van der Waals surface area contributed by atoms with Crippen LogP contribution in [0.15, 0.2) is 28.8 Å². The van der Waals surface area contributed by atoms with Crippen molar-refractivity contribution in [3.05, 3.63) is 40.9 Å². The average Bonchev–Trinajstić information content (AvgIpc) is 3.45. The number of piperidine rings is 1. The first-order chi connectivity index (χ1) is 16.0. The second-order valence-corrected chi connectivity index (χ2v) is 9.21. The van der Waals surface area contributed by atoms with Crippen LogP contribution < -0.4 is 15.4 Å². The molecular formula is C22H24N6O4S. The van der Waals surface area contributed by atoms with Crippen molar-refractivity contribution in [3.63, 3.8) is 0 Å². The molecular weight excluding hydrogens is 444 g/mol. The monoisotopic (exact) mass is 468 g/mol. The number of methoxy groups -OCH3 is 1. The molecule has 2 bridgehead atoms. The first kappa shape index (κ1) is 21.4. The van der Waals surface area contributed by atoms with E-state index in [1.807, 2.05) is 17.0 Å². The lowest BCUT2D eigenvalue weighted by molar-refractivity contribution is -0.131. The number of amides is 3. The zero-order valence-electron chi connectivity index (χ0n) is 18.5. The fourth-order valence-electron chi connectivity index (χ4n) is 4.71. The van der Waals surface area contributed by atoms with Crippen LogP contribution in [-0.4, -0.2) is 59.0 Å². The topological polar surface area (TPSA) is 122 Å². The minimum atomic E-state index is -0.311. The van der Waals surface area contributed by atoms with E-state index >= 15 is 0 Å². The maximum Gasteiger partial charge on any atom is 0.320 e. The van der Waals surface area contributed by atoms with Gasteiger partial charge in [-0.05, 0) is 18.4 Å². The molecule has 10 nitrogen and oxygen atoms in total. The van der Waals surface area contributed by atoms with Crippen LogP contribution in [0, 0.1) is 5.92 Å². The summed E-state index contributed by atoms with van der Waals surface area (Å²) in [6.45, 7) is 2.76. The third-order valence-corrected chi connectivity index (χ3v) is 7.36. The van der Waals surface area contributed by atoms with E-state index in [0.29, 0.717) is 47.9 Å². The number of likely N-dealkylation sites (tertiary alicyclic amines) is 1. The van der Waals surface area contributed by atoms with Gasteiger partial charge in [-0.3, -0.25) is 10.1 Å². The van der Waals surface area contributed by atoms with Gasteiger partial charge in [0, 0.05) is 49.8 Å². The van der Waals surface area contributed by atoms with E-state index in [1.165, 1.54) is 11.3 Å². The second kappa shape index (κ2) is 8.47. The van der Waals surface area contributed by atoms with Crippen molar-refractivity contribution in [1.82, 2.24) is 25.2 Å². The van der Waals surface area contributed by atoms with Gasteiger partial charge < -0.3 is 19.4 Å². The molecule has 172 valence electrons. The maximum atomic E-state index is 12.2. The quantitative estimate of drug-likeness (QED) is 0.604. The molecule has 0 radical (unpaired) electrons. The number of hydrogen-bond donors (Lipinski definition) is 2. The highest BCUT2D eigenvalue weighted by Crippen LogP contribution is 2.51. The molecule has 4 heterocycles. The molecule has 1 aliphatic carbocycles. The summed E-state index contributed by atoms with van der Waals surface area (Å²) >= 11 is 1.45. The van der Waals surface area contributed by atoms with Gasteiger partial charge in [0.05, 0.1) is 19.0 Å². The molecule has 3 unspecified atom stereocenters. The number of carbonyl (C=O) groups is 2. The summed E-state index contributed by atoms with van der Waals surface area (Å²) in [6, 6.07) is 5.17. The molecule has 3 atom stereocenters. The summed E-state index contributed by atoms with van der Waals surface area (Å²) in [5, 5.41) is 5.87. The Morgan fingerprint density at radius 2 is 2.12 bits per heavy atom. The molecule has 11 heteroatoms. The molecule has 3 amide bonds. The number of urea groups is 1. The number of thiazole rings is 1. The Bertz CT molecular complexity index is 1210. The van der Waals surface area contributed by atoms with Crippen LogP contribution in [0.3, 0.4) is 0 Å². The summed E-state index contributed by atoms with van der Waals surface area (Å²) in [4.78, 5) is 40.7. The molecule has 1 saturated heterocycles.